The van der Waals surface area contributed by atoms with Gasteiger partial charge < -0.3 is 5.32 Å². The first kappa shape index (κ1) is 15.6. The lowest BCUT2D eigenvalue weighted by Gasteiger charge is -1.98. The van der Waals surface area contributed by atoms with Crippen LogP contribution in [-0.4, -0.2) is 11.1 Å². The lowest BCUT2D eigenvalue weighted by molar-refractivity contribution is -0.115. The van der Waals surface area contributed by atoms with Crippen molar-refractivity contribution in [1.82, 2.24) is 5.32 Å². The van der Waals surface area contributed by atoms with E-state index in [0.29, 0.717) is 10.1 Å². The number of hydrogen-bond donors (Lipinski definition) is 1. The van der Waals surface area contributed by atoms with Gasteiger partial charge >= 0.3 is 0 Å². The first-order chi connectivity index (χ1) is 11.1. The third-order valence-electron chi connectivity index (χ3n) is 3.57. The van der Waals surface area contributed by atoms with Gasteiger partial charge in [-0.15, -0.1) is 0 Å². The topological polar surface area (TPSA) is 41.5 Å². The second kappa shape index (κ2) is 6.84. The lowest BCUT2D eigenvalue weighted by atomic mass is 10.1. The number of hydrogen-bond acceptors (Lipinski definition) is 3. The highest BCUT2D eigenvalue weighted by molar-refractivity contribution is 8.18. The maximum Gasteiger partial charge on any atom is 0.264 e. The molecule has 0 aliphatic carbocycles. The molecule has 2 aromatic carbocycles. The van der Waals surface area contributed by atoms with Crippen LogP contribution in [0.1, 0.15) is 23.6 Å². The number of carbonyl (C=O) groups excluding carboxylic acids is 1. The molecule has 0 spiro atoms. The van der Waals surface area contributed by atoms with Crippen molar-refractivity contribution in [2.24, 2.45) is 4.99 Å². The van der Waals surface area contributed by atoms with Crippen molar-refractivity contribution in [3.05, 3.63) is 70.1 Å². The Labute approximate surface area is 140 Å². The van der Waals surface area contributed by atoms with Crippen molar-refractivity contribution in [2.45, 2.75) is 20.3 Å². The smallest absolute Gasteiger partial charge is 0.264 e. The third-order valence-corrected chi connectivity index (χ3v) is 4.48. The van der Waals surface area contributed by atoms with Gasteiger partial charge in [0, 0.05) is 0 Å². The Morgan fingerprint density at radius 3 is 2.65 bits per heavy atom. The molecule has 1 N–H and O–H groups in total. The molecule has 0 bridgehead atoms. The fraction of sp³-hybridized carbons (Fsp3) is 0.158. The predicted octanol–water partition coefficient (Wildman–Crippen LogP) is 4.45. The van der Waals surface area contributed by atoms with Gasteiger partial charge in [-0.2, -0.15) is 0 Å². The van der Waals surface area contributed by atoms with Crippen LogP contribution in [0.3, 0.4) is 0 Å². The summed E-state index contributed by atoms with van der Waals surface area (Å²) < 4.78 is 0. The highest BCUT2D eigenvalue weighted by Gasteiger charge is 2.23. The Morgan fingerprint density at radius 1 is 1.17 bits per heavy atom. The SMILES string of the molecule is CCc1ccc(N=C2NC(=O)/C(=C/c3cccc(C)c3)S2)cc1. The molecule has 2 aromatic rings. The number of carbonyl (C=O) groups is 1. The molecule has 0 atom stereocenters. The van der Waals surface area contributed by atoms with Crippen molar-refractivity contribution < 1.29 is 4.79 Å². The summed E-state index contributed by atoms with van der Waals surface area (Å²) in [6.45, 7) is 4.16. The van der Waals surface area contributed by atoms with Gasteiger partial charge in [0.25, 0.3) is 5.91 Å². The molecule has 0 unspecified atom stereocenters. The van der Waals surface area contributed by atoms with E-state index in [1.165, 1.54) is 22.9 Å². The van der Waals surface area contributed by atoms with Gasteiger partial charge in [0.05, 0.1) is 10.6 Å². The van der Waals surface area contributed by atoms with E-state index in [1.54, 1.807) is 0 Å². The molecule has 4 heteroatoms. The second-order valence-corrected chi connectivity index (χ2v) is 6.45. The quantitative estimate of drug-likeness (QED) is 0.848. The van der Waals surface area contributed by atoms with Gasteiger partial charge in [0.2, 0.25) is 0 Å². The minimum absolute atomic E-state index is 0.0968. The Morgan fingerprint density at radius 2 is 1.96 bits per heavy atom. The van der Waals surface area contributed by atoms with E-state index in [1.807, 2.05) is 43.3 Å². The fourth-order valence-corrected chi connectivity index (χ4v) is 3.16. The van der Waals surface area contributed by atoms with Crippen LogP contribution >= 0.6 is 11.8 Å². The zero-order chi connectivity index (χ0) is 16.2. The maximum atomic E-state index is 12.1. The summed E-state index contributed by atoms with van der Waals surface area (Å²) in [7, 11) is 0. The summed E-state index contributed by atoms with van der Waals surface area (Å²) in [5.41, 5.74) is 4.32. The van der Waals surface area contributed by atoms with E-state index < -0.39 is 0 Å². The summed E-state index contributed by atoms with van der Waals surface area (Å²) >= 11 is 1.37. The first-order valence-electron chi connectivity index (χ1n) is 7.59. The van der Waals surface area contributed by atoms with Crippen LogP contribution in [0.5, 0.6) is 0 Å². The van der Waals surface area contributed by atoms with Crippen LogP contribution in [0.2, 0.25) is 0 Å². The molecule has 1 heterocycles. The van der Waals surface area contributed by atoms with Crippen LogP contribution in [0.15, 0.2) is 58.4 Å². The summed E-state index contributed by atoms with van der Waals surface area (Å²) in [6, 6.07) is 16.1. The number of aryl methyl sites for hydroxylation is 2. The maximum absolute atomic E-state index is 12.1. The Hall–Kier alpha value is -2.33. The van der Waals surface area contributed by atoms with Crippen molar-refractivity contribution >= 4 is 34.6 Å². The molecular formula is C19H18N2OS. The number of thioether (sulfide) groups is 1. The molecule has 116 valence electrons. The summed E-state index contributed by atoms with van der Waals surface area (Å²) in [5.74, 6) is -0.0968. The van der Waals surface area contributed by atoms with E-state index >= 15 is 0 Å². The molecule has 23 heavy (non-hydrogen) atoms. The summed E-state index contributed by atoms with van der Waals surface area (Å²) in [6.07, 6.45) is 2.90. The Bertz CT molecular complexity index is 791. The number of nitrogens with one attached hydrogen (secondary N) is 1. The Balaban J connectivity index is 1.80. The number of amidine groups is 1. The van der Waals surface area contributed by atoms with Gasteiger partial charge in [-0.3, -0.25) is 4.79 Å². The van der Waals surface area contributed by atoms with Crippen LogP contribution in [0.4, 0.5) is 5.69 Å². The minimum Gasteiger partial charge on any atom is -0.300 e. The van der Waals surface area contributed by atoms with E-state index in [-0.39, 0.29) is 5.91 Å². The largest absolute Gasteiger partial charge is 0.300 e. The van der Waals surface area contributed by atoms with Crippen molar-refractivity contribution in [3.63, 3.8) is 0 Å². The minimum atomic E-state index is -0.0968. The van der Waals surface area contributed by atoms with E-state index in [9.17, 15) is 4.79 Å². The average molecular weight is 322 g/mol. The standard InChI is InChI=1S/C19H18N2OS/c1-3-14-7-9-16(10-8-14)20-19-21-18(22)17(23-19)12-15-6-4-5-13(2)11-15/h4-12H,3H2,1-2H3,(H,20,21,22)/b17-12-. The van der Waals surface area contributed by atoms with Gasteiger partial charge in [-0.05, 0) is 54.4 Å². The molecule has 1 amide bonds. The van der Waals surface area contributed by atoms with Crippen LogP contribution in [-0.2, 0) is 11.2 Å². The Kier molecular flexibility index (Phi) is 4.63. The molecule has 3 nitrogen and oxygen atoms in total. The highest BCUT2D eigenvalue weighted by Crippen LogP contribution is 2.28. The number of rotatable bonds is 3. The zero-order valence-electron chi connectivity index (χ0n) is 13.2. The average Bonchev–Trinajstić information content (AvgIpc) is 2.87. The van der Waals surface area contributed by atoms with Gasteiger partial charge in [-0.1, -0.05) is 48.9 Å². The molecule has 0 saturated carbocycles. The molecule has 3 rings (SSSR count). The number of amides is 1. The van der Waals surface area contributed by atoms with Crippen LogP contribution < -0.4 is 5.32 Å². The number of benzene rings is 2. The van der Waals surface area contributed by atoms with Crippen LogP contribution in [0, 0.1) is 6.92 Å². The normalized spacial score (nSPS) is 17.7. The highest BCUT2D eigenvalue weighted by atomic mass is 32.2. The molecule has 0 aromatic heterocycles. The molecule has 0 radical (unpaired) electrons. The molecule has 1 aliphatic rings. The van der Waals surface area contributed by atoms with E-state index in [0.717, 1.165) is 17.7 Å². The van der Waals surface area contributed by atoms with Crippen LogP contribution in [0.25, 0.3) is 6.08 Å². The number of nitrogens with zero attached hydrogens (tertiary/aromatic N) is 1. The molecule has 1 aliphatic heterocycles. The first-order valence-corrected chi connectivity index (χ1v) is 8.41. The van der Waals surface area contributed by atoms with Crippen molar-refractivity contribution in [2.75, 3.05) is 0 Å². The van der Waals surface area contributed by atoms with Gasteiger partial charge in [0.1, 0.15) is 0 Å². The monoisotopic (exact) mass is 322 g/mol. The molecule has 1 fully saturated rings. The molecule has 1 saturated heterocycles. The third kappa shape index (κ3) is 3.90. The summed E-state index contributed by atoms with van der Waals surface area (Å²) in [5, 5.41) is 3.44. The van der Waals surface area contributed by atoms with Gasteiger partial charge in [-0.25, -0.2) is 4.99 Å². The van der Waals surface area contributed by atoms with Crippen molar-refractivity contribution in [1.29, 1.82) is 0 Å². The zero-order valence-corrected chi connectivity index (χ0v) is 14.0. The lowest BCUT2D eigenvalue weighted by Crippen LogP contribution is -2.19. The number of aliphatic imine (C=N–C) groups is 1. The molecular weight excluding hydrogens is 304 g/mol. The van der Waals surface area contributed by atoms with Crippen molar-refractivity contribution in [3.8, 4) is 0 Å². The van der Waals surface area contributed by atoms with E-state index in [2.05, 4.69) is 35.4 Å². The summed E-state index contributed by atoms with van der Waals surface area (Å²) in [4.78, 5) is 17.2. The fourth-order valence-electron chi connectivity index (χ4n) is 2.32. The van der Waals surface area contributed by atoms with Gasteiger partial charge in [0.15, 0.2) is 5.17 Å². The second-order valence-electron chi connectivity index (χ2n) is 5.42. The van der Waals surface area contributed by atoms with E-state index in [4.69, 9.17) is 0 Å². The predicted molar refractivity (Wildman–Crippen MR) is 97.8 cm³/mol.